The Labute approximate surface area is 132 Å². The maximum absolute atomic E-state index is 2.53. The summed E-state index contributed by atoms with van der Waals surface area (Å²) in [5, 5.41) is 0. The largest absolute Gasteiger partial charge is 0.309 e. The van der Waals surface area contributed by atoms with Gasteiger partial charge in [-0.15, -0.1) is 0 Å². The minimum absolute atomic E-state index is 0.189. The third kappa shape index (κ3) is 5.44. The lowest BCUT2D eigenvalue weighted by Crippen LogP contribution is -2.41. The molecule has 0 spiro atoms. The van der Waals surface area contributed by atoms with Gasteiger partial charge in [0.15, 0.2) is 0 Å². The zero-order chi connectivity index (χ0) is 16.0. The van der Waals surface area contributed by atoms with Crippen molar-refractivity contribution in [2.24, 2.45) is 0 Å². The molecule has 0 bridgehead atoms. The first-order valence-corrected chi connectivity index (χ1v) is 8.22. The Morgan fingerprint density at radius 1 is 1.05 bits per heavy atom. The van der Waals surface area contributed by atoms with Gasteiger partial charge < -0.3 is 4.90 Å². The molecule has 0 aromatic heterocycles. The van der Waals surface area contributed by atoms with E-state index in [-0.39, 0.29) is 5.54 Å². The van der Waals surface area contributed by atoms with E-state index in [0.29, 0.717) is 6.04 Å². The quantitative estimate of drug-likeness (QED) is 0.736. The Kier molecular flexibility index (Phi) is 6.89. The summed E-state index contributed by atoms with van der Waals surface area (Å²) in [6, 6.07) is 9.50. The summed E-state index contributed by atoms with van der Waals surface area (Å²) in [5.74, 6) is 0. The highest BCUT2D eigenvalue weighted by Crippen LogP contribution is 2.32. The molecule has 0 fully saturated rings. The molecule has 0 heterocycles. The average molecular weight is 290 g/mol. The van der Waals surface area contributed by atoms with Gasteiger partial charge in [0.1, 0.15) is 0 Å². The summed E-state index contributed by atoms with van der Waals surface area (Å²) in [5.41, 5.74) is 3.20. The van der Waals surface area contributed by atoms with Gasteiger partial charge in [0.05, 0.1) is 0 Å². The minimum atomic E-state index is 0.189. The van der Waals surface area contributed by atoms with E-state index in [2.05, 4.69) is 82.9 Å². The molecule has 0 saturated heterocycles. The minimum Gasteiger partial charge on any atom is -0.309 e. The molecule has 0 aliphatic rings. The molecule has 0 amide bonds. The number of hydrogen-bond donors (Lipinski definition) is 0. The Morgan fingerprint density at radius 2 is 1.67 bits per heavy atom. The Hall–Kier alpha value is -0.860. The standard InChI is InChI=1S/C19H34N2/c1-8-11-18(21(7)19(2,3)4)17-13-10-9-12-16(17)14-15-20(5)6/h9-10,12-13,18H,8,11,14-15H2,1-7H3. The molecule has 1 rings (SSSR count). The van der Waals surface area contributed by atoms with Gasteiger partial charge in [0, 0.05) is 18.1 Å². The van der Waals surface area contributed by atoms with Gasteiger partial charge in [-0.2, -0.15) is 0 Å². The molecule has 0 radical (unpaired) electrons. The zero-order valence-electron chi connectivity index (χ0n) is 15.1. The van der Waals surface area contributed by atoms with E-state index in [1.54, 1.807) is 0 Å². The van der Waals surface area contributed by atoms with Crippen LogP contribution in [0.25, 0.3) is 0 Å². The molecule has 1 aromatic carbocycles. The van der Waals surface area contributed by atoms with E-state index in [1.165, 1.54) is 24.0 Å². The van der Waals surface area contributed by atoms with Crippen molar-refractivity contribution in [3.63, 3.8) is 0 Å². The van der Waals surface area contributed by atoms with Crippen LogP contribution in [0.2, 0.25) is 0 Å². The highest BCUT2D eigenvalue weighted by Gasteiger charge is 2.27. The van der Waals surface area contributed by atoms with Gasteiger partial charge in [-0.05, 0) is 65.9 Å². The normalized spacial score (nSPS) is 14.0. The van der Waals surface area contributed by atoms with Crippen molar-refractivity contribution in [2.75, 3.05) is 27.7 Å². The fraction of sp³-hybridized carbons (Fsp3) is 0.684. The molecule has 1 aromatic rings. The molecule has 2 heteroatoms. The van der Waals surface area contributed by atoms with Crippen molar-refractivity contribution in [1.29, 1.82) is 0 Å². The SMILES string of the molecule is CCCC(c1ccccc1CCN(C)C)N(C)C(C)(C)C. The average Bonchev–Trinajstić information content (AvgIpc) is 2.41. The maximum Gasteiger partial charge on any atom is 0.0352 e. The lowest BCUT2D eigenvalue weighted by atomic mass is 9.91. The third-order valence-electron chi connectivity index (χ3n) is 4.33. The topological polar surface area (TPSA) is 6.48 Å². The van der Waals surface area contributed by atoms with Crippen LogP contribution in [0.15, 0.2) is 24.3 Å². The molecular formula is C19H34N2. The molecule has 21 heavy (non-hydrogen) atoms. The van der Waals surface area contributed by atoms with Gasteiger partial charge in [-0.25, -0.2) is 0 Å². The van der Waals surface area contributed by atoms with Gasteiger partial charge in [0.2, 0.25) is 0 Å². The first-order valence-electron chi connectivity index (χ1n) is 8.22. The van der Waals surface area contributed by atoms with Crippen molar-refractivity contribution in [3.05, 3.63) is 35.4 Å². The van der Waals surface area contributed by atoms with Gasteiger partial charge >= 0.3 is 0 Å². The lowest BCUT2D eigenvalue weighted by Gasteiger charge is -2.40. The first-order chi connectivity index (χ1) is 9.77. The van der Waals surface area contributed by atoms with Crippen LogP contribution in [0.4, 0.5) is 0 Å². The van der Waals surface area contributed by atoms with Crippen LogP contribution in [0.5, 0.6) is 0 Å². The summed E-state index contributed by atoms with van der Waals surface area (Å²) in [6.45, 7) is 10.3. The predicted octanol–water partition coefficient (Wildman–Crippen LogP) is 4.36. The van der Waals surface area contributed by atoms with Crippen LogP contribution < -0.4 is 0 Å². The van der Waals surface area contributed by atoms with Crippen LogP contribution in [0.3, 0.4) is 0 Å². The van der Waals surface area contributed by atoms with Crippen LogP contribution >= 0.6 is 0 Å². The summed E-state index contributed by atoms with van der Waals surface area (Å²) in [6.07, 6.45) is 3.56. The zero-order valence-corrected chi connectivity index (χ0v) is 15.1. The van der Waals surface area contributed by atoms with Crippen molar-refractivity contribution >= 4 is 0 Å². The van der Waals surface area contributed by atoms with Crippen LogP contribution in [-0.4, -0.2) is 43.0 Å². The molecule has 0 N–H and O–H groups in total. The Balaban J connectivity index is 3.07. The Morgan fingerprint density at radius 3 is 2.19 bits per heavy atom. The molecule has 1 unspecified atom stereocenters. The van der Waals surface area contributed by atoms with Crippen LogP contribution in [-0.2, 0) is 6.42 Å². The third-order valence-corrected chi connectivity index (χ3v) is 4.33. The van der Waals surface area contributed by atoms with E-state index < -0.39 is 0 Å². The Bertz CT molecular complexity index is 418. The molecule has 0 aliphatic heterocycles. The maximum atomic E-state index is 2.53. The van der Waals surface area contributed by atoms with E-state index in [1.807, 2.05) is 0 Å². The highest BCUT2D eigenvalue weighted by atomic mass is 15.2. The molecule has 2 nitrogen and oxygen atoms in total. The van der Waals surface area contributed by atoms with E-state index in [4.69, 9.17) is 0 Å². The molecular weight excluding hydrogens is 256 g/mol. The highest BCUT2D eigenvalue weighted by molar-refractivity contribution is 5.30. The molecule has 0 aliphatic carbocycles. The predicted molar refractivity (Wildman–Crippen MR) is 93.9 cm³/mol. The van der Waals surface area contributed by atoms with Crippen molar-refractivity contribution in [3.8, 4) is 0 Å². The number of rotatable bonds is 7. The van der Waals surface area contributed by atoms with E-state index in [9.17, 15) is 0 Å². The summed E-state index contributed by atoms with van der Waals surface area (Å²) in [4.78, 5) is 4.80. The molecule has 120 valence electrons. The summed E-state index contributed by atoms with van der Waals surface area (Å²) in [7, 11) is 6.56. The number of nitrogens with zero attached hydrogens (tertiary/aromatic N) is 2. The van der Waals surface area contributed by atoms with Crippen LogP contribution in [0, 0.1) is 0 Å². The van der Waals surface area contributed by atoms with Crippen molar-refractivity contribution in [1.82, 2.24) is 9.80 Å². The van der Waals surface area contributed by atoms with Crippen LogP contribution in [0.1, 0.15) is 57.7 Å². The number of benzene rings is 1. The number of hydrogen-bond acceptors (Lipinski definition) is 2. The summed E-state index contributed by atoms with van der Waals surface area (Å²) < 4.78 is 0. The number of likely N-dealkylation sites (N-methyl/N-ethyl adjacent to an activating group) is 1. The van der Waals surface area contributed by atoms with E-state index >= 15 is 0 Å². The first kappa shape index (κ1) is 18.2. The lowest BCUT2D eigenvalue weighted by molar-refractivity contribution is 0.109. The van der Waals surface area contributed by atoms with Gasteiger partial charge in [-0.1, -0.05) is 37.6 Å². The second kappa shape index (κ2) is 7.95. The molecule has 1 atom stereocenters. The second-order valence-corrected chi connectivity index (χ2v) is 7.34. The fourth-order valence-corrected chi connectivity index (χ4v) is 2.73. The smallest absolute Gasteiger partial charge is 0.0352 e. The second-order valence-electron chi connectivity index (χ2n) is 7.34. The molecule has 0 saturated carbocycles. The monoisotopic (exact) mass is 290 g/mol. The van der Waals surface area contributed by atoms with Gasteiger partial charge in [0.25, 0.3) is 0 Å². The van der Waals surface area contributed by atoms with Crippen molar-refractivity contribution in [2.45, 2.75) is 58.5 Å². The summed E-state index contributed by atoms with van der Waals surface area (Å²) >= 11 is 0. The van der Waals surface area contributed by atoms with E-state index in [0.717, 1.165) is 13.0 Å². The fourth-order valence-electron chi connectivity index (χ4n) is 2.73. The van der Waals surface area contributed by atoms with Gasteiger partial charge in [-0.3, -0.25) is 4.90 Å². The van der Waals surface area contributed by atoms with Crippen molar-refractivity contribution < 1.29 is 0 Å².